The molecule has 23 heavy (non-hydrogen) atoms. The molecular formula is C16H17N3O4. The van der Waals surface area contributed by atoms with Gasteiger partial charge < -0.3 is 20.8 Å². The molecule has 2 amide bonds. The van der Waals surface area contributed by atoms with E-state index < -0.39 is 12.0 Å². The molecule has 4 N–H and O–H groups in total. The van der Waals surface area contributed by atoms with Gasteiger partial charge in [-0.25, -0.2) is 4.79 Å². The summed E-state index contributed by atoms with van der Waals surface area (Å²) in [5.41, 5.74) is 1.82. The van der Waals surface area contributed by atoms with Crippen molar-refractivity contribution in [3.05, 3.63) is 48.3 Å². The number of anilines is 2. The summed E-state index contributed by atoms with van der Waals surface area (Å²) < 4.78 is 0. The van der Waals surface area contributed by atoms with Crippen LogP contribution in [0, 0.1) is 0 Å². The van der Waals surface area contributed by atoms with Gasteiger partial charge in [0.2, 0.25) is 0 Å². The molecule has 1 aromatic heterocycles. The minimum Gasteiger partial charge on any atom is -0.508 e. The zero-order chi connectivity index (χ0) is 16.7. The van der Waals surface area contributed by atoms with Crippen LogP contribution in [0.1, 0.15) is 18.4 Å². The van der Waals surface area contributed by atoms with E-state index in [0.29, 0.717) is 24.2 Å². The van der Waals surface area contributed by atoms with Crippen LogP contribution in [0.5, 0.6) is 5.75 Å². The van der Waals surface area contributed by atoms with Crippen molar-refractivity contribution in [3.8, 4) is 5.75 Å². The molecule has 7 nitrogen and oxygen atoms in total. The number of hydrogen-bond donors (Lipinski definition) is 4. The zero-order valence-corrected chi connectivity index (χ0v) is 12.3. The second kappa shape index (κ2) is 7.79. The molecule has 2 rings (SSSR count). The van der Waals surface area contributed by atoms with E-state index >= 15 is 0 Å². The number of carboxylic acid groups (broad SMARTS) is 1. The third kappa shape index (κ3) is 5.66. The second-order valence-corrected chi connectivity index (χ2v) is 4.96. The van der Waals surface area contributed by atoms with Crippen LogP contribution in [0.15, 0.2) is 42.7 Å². The molecular weight excluding hydrogens is 298 g/mol. The predicted octanol–water partition coefficient (Wildman–Crippen LogP) is 2.84. The number of aryl methyl sites for hydroxylation is 1. The van der Waals surface area contributed by atoms with Crippen molar-refractivity contribution in [2.45, 2.75) is 19.3 Å². The third-order valence-corrected chi connectivity index (χ3v) is 3.01. The molecule has 7 heteroatoms. The number of pyridine rings is 1. The molecule has 0 spiro atoms. The van der Waals surface area contributed by atoms with Crippen LogP contribution >= 0.6 is 0 Å². The van der Waals surface area contributed by atoms with Gasteiger partial charge >= 0.3 is 12.0 Å². The Morgan fingerprint density at radius 3 is 2.61 bits per heavy atom. The number of phenolic OH excluding ortho intramolecular Hbond substituents is 1. The van der Waals surface area contributed by atoms with Crippen molar-refractivity contribution in [3.63, 3.8) is 0 Å². The zero-order valence-electron chi connectivity index (χ0n) is 12.3. The molecule has 2 aromatic rings. The van der Waals surface area contributed by atoms with Gasteiger partial charge in [0.05, 0.1) is 11.9 Å². The summed E-state index contributed by atoms with van der Waals surface area (Å²) in [6, 6.07) is 7.50. The first kappa shape index (κ1) is 16.3. The van der Waals surface area contributed by atoms with Gasteiger partial charge in [-0.15, -0.1) is 0 Å². The standard InChI is InChI=1S/C16H17N3O4/c20-14-5-2-4-12(8-14)18-16(23)19-13-7-11(9-17-10-13)3-1-6-15(21)22/h2,4-5,7-10,20H,1,3,6H2,(H,21,22)(H2,18,19,23). The number of carbonyl (C=O) groups is 2. The lowest BCUT2D eigenvalue weighted by Crippen LogP contribution is -2.19. The van der Waals surface area contributed by atoms with Crippen LogP contribution in [-0.4, -0.2) is 27.2 Å². The average molecular weight is 315 g/mol. The van der Waals surface area contributed by atoms with Gasteiger partial charge in [0.25, 0.3) is 0 Å². The largest absolute Gasteiger partial charge is 0.508 e. The van der Waals surface area contributed by atoms with Gasteiger partial charge in [0.1, 0.15) is 5.75 Å². The Morgan fingerprint density at radius 2 is 1.87 bits per heavy atom. The van der Waals surface area contributed by atoms with E-state index in [1.807, 2.05) is 0 Å². The second-order valence-electron chi connectivity index (χ2n) is 4.96. The Bertz CT molecular complexity index is 703. The Kier molecular flexibility index (Phi) is 5.51. The van der Waals surface area contributed by atoms with Crippen LogP contribution in [0.3, 0.4) is 0 Å². The first-order chi connectivity index (χ1) is 11.0. The fourth-order valence-corrected chi connectivity index (χ4v) is 2.01. The quantitative estimate of drug-likeness (QED) is 0.655. The van der Waals surface area contributed by atoms with Crippen molar-refractivity contribution >= 4 is 23.4 Å². The molecule has 0 atom stereocenters. The highest BCUT2D eigenvalue weighted by atomic mass is 16.4. The highest BCUT2D eigenvalue weighted by molar-refractivity contribution is 5.99. The number of urea groups is 1. The van der Waals surface area contributed by atoms with E-state index in [-0.39, 0.29) is 12.2 Å². The molecule has 0 aliphatic heterocycles. The predicted molar refractivity (Wildman–Crippen MR) is 85.6 cm³/mol. The number of rotatable bonds is 6. The van der Waals surface area contributed by atoms with Gasteiger partial charge in [-0.05, 0) is 36.6 Å². The lowest BCUT2D eigenvalue weighted by Gasteiger charge is -2.09. The van der Waals surface area contributed by atoms with Crippen molar-refractivity contribution in [1.29, 1.82) is 0 Å². The van der Waals surface area contributed by atoms with Crippen molar-refractivity contribution in [2.75, 3.05) is 10.6 Å². The van der Waals surface area contributed by atoms with Gasteiger partial charge in [-0.1, -0.05) is 6.07 Å². The normalized spacial score (nSPS) is 10.1. The minimum absolute atomic E-state index is 0.0601. The fraction of sp³-hybridized carbons (Fsp3) is 0.188. The minimum atomic E-state index is -0.835. The van der Waals surface area contributed by atoms with E-state index in [1.54, 1.807) is 24.4 Å². The Morgan fingerprint density at radius 1 is 1.09 bits per heavy atom. The molecule has 120 valence electrons. The molecule has 0 aliphatic carbocycles. The van der Waals surface area contributed by atoms with Crippen LogP contribution in [-0.2, 0) is 11.2 Å². The maximum absolute atomic E-state index is 11.9. The number of aromatic hydroxyl groups is 1. The number of carboxylic acids is 1. The van der Waals surface area contributed by atoms with Crippen LogP contribution < -0.4 is 10.6 Å². The SMILES string of the molecule is O=C(O)CCCc1cncc(NC(=O)Nc2cccc(O)c2)c1. The molecule has 0 unspecified atom stereocenters. The first-order valence-corrected chi connectivity index (χ1v) is 7.06. The number of aliphatic carboxylic acids is 1. The van der Waals surface area contributed by atoms with Gasteiger partial charge in [0.15, 0.2) is 0 Å². The van der Waals surface area contributed by atoms with Crippen molar-refractivity contribution in [2.24, 2.45) is 0 Å². The average Bonchev–Trinajstić information content (AvgIpc) is 2.47. The lowest BCUT2D eigenvalue weighted by molar-refractivity contribution is -0.137. The molecule has 0 saturated carbocycles. The highest BCUT2D eigenvalue weighted by Gasteiger charge is 2.05. The van der Waals surface area contributed by atoms with E-state index in [1.165, 1.54) is 18.3 Å². The fourth-order valence-electron chi connectivity index (χ4n) is 2.01. The number of benzene rings is 1. The third-order valence-electron chi connectivity index (χ3n) is 3.01. The van der Waals surface area contributed by atoms with E-state index in [2.05, 4.69) is 15.6 Å². The Labute approximate surface area is 133 Å². The molecule has 0 saturated heterocycles. The number of nitrogens with zero attached hydrogens (tertiary/aromatic N) is 1. The summed E-state index contributed by atoms with van der Waals surface area (Å²) in [7, 11) is 0. The molecule has 0 fully saturated rings. The summed E-state index contributed by atoms with van der Waals surface area (Å²) in [6.07, 6.45) is 4.32. The summed E-state index contributed by atoms with van der Waals surface area (Å²) in [6.45, 7) is 0. The molecule has 0 radical (unpaired) electrons. The van der Waals surface area contributed by atoms with Gasteiger partial charge in [-0.2, -0.15) is 0 Å². The summed E-state index contributed by atoms with van der Waals surface area (Å²) >= 11 is 0. The maximum Gasteiger partial charge on any atom is 0.323 e. The number of carbonyl (C=O) groups excluding carboxylic acids is 1. The van der Waals surface area contributed by atoms with Crippen molar-refractivity contribution < 1.29 is 19.8 Å². The topological polar surface area (TPSA) is 112 Å². The van der Waals surface area contributed by atoms with Gasteiger partial charge in [-0.3, -0.25) is 9.78 Å². The number of phenols is 1. The Hall–Kier alpha value is -3.09. The highest BCUT2D eigenvalue weighted by Crippen LogP contribution is 2.16. The summed E-state index contributed by atoms with van der Waals surface area (Å²) in [5.74, 6) is -0.775. The number of amides is 2. The smallest absolute Gasteiger partial charge is 0.323 e. The lowest BCUT2D eigenvalue weighted by atomic mass is 10.1. The Balaban J connectivity index is 1.91. The summed E-state index contributed by atoms with van der Waals surface area (Å²) in [5, 5.41) is 23.2. The van der Waals surface area contributed by atoms with Crippen molar-refractivity contribution in [1.82, 2.24) is 4.98 Å². The maximum atomic E-state index is 11.9. The van der Waals surface area contributed by atoms with E-state index in [4.69, 9.17) is 5.11 Å². The first-order valence-electron chi connectivity index (χ1n) is 7.06. The summed E-state index contributed by atoms with van der Waals surface area (Å²) in [4.78, 5) is 26.4. The molecule has 1 aromatic carbocycles. The number of hydrogen-bond acceptors (Lipinski definition) is 4. The molecule has 1 heterocycles. The number of aromatic nitrogens is 1. The van der Waals surface area contributed by atoms with Crippen LogP contribution in [0.2, 0.25) is 0 Å². The van der Waals surface area contributed by atoms with Crippen LogP contribution in [0.4, 0.5) is 16.2 Å². The molecule has 0 aliphatic rings. The van der Waals surface area contributed by atoms with Crippen LogP contribution in [0.25, 0.3) is 0 Å². The van der Waals surface area contributed by atoms with E-state index in [9.17, 15) is 14.7 Å². The monoisotopic (exact) mass is 315 g/mol. The van der Waals surface area contributed by atoms with Gasteiger partial charge in [0, 0.05) is 24.4 Å². The van der Waals surface area contributed by atoms with E-state index in [0.717, 1.165) is 5.56 Å². The number of nitrogens with one attached hydrogen (secondary N) is 2. The molecule has 0 bridgehead atoms.